The number of methoxy groups -OCH3 is 1. The van der Waals surface area contributed by atoms with Crippen molar-refractivity contribution in [1.82, 2.24) is 4.90 Å². The number of imide groups is 1. The Labute approximate surface area is 134 Å². The molecule has 0 saturated carbocycles. The molecule has 1 aromatic carbocycles. The average Bonchev–Trinajstić information content (AvgIpc) is 2.59. The van der Waals surface area contributed by atoms with E-state index in [4.69, 9.17) is 11.5 Å². The fourth-order valence-electron chi connectivity index (χ4n) is 2.18. The Bertz CT molecular complexity index is 533. The summed E-state index contributed by atoms with van der Waals surface area (Å²) in [7, 11) is 1.10. The molecule has 0 aliphatic rings. The molecule has 2 amide bonds. The number of nitrogens with two attached hydrogens (primary N) is 2. The molecule has 0 fully saturated rings. The van der Waals surface area contributed by atoms with Gasteiger partial charge in [-0.05, 0) is 12.0 Å². The zero-order chi connectivity index (χ0) is 17.4. The summed E-state index contributed by atoms with van der Waals surface area (Å²) in [5, 5.41) is 10.2. The summed E-state index contributed by atoms with van der Waals surface area (Å²) in [6.07, 6.45) is -1.64. The van der Waals surface area contributed by atoms with Gasteiger partial charge in [0.15, 0.2) is 6.10 Å². The van der Waals surface area contributed by atoms with E-state index in [9.17, 15) is 19.5 Å². The van der Waals surface area contributed by atoms with Crippen molar-refractivity contribution in [3.63, 3.8) is 0 Å². The third kappa shape index (κ3) is 4.85. The first kappa shape index (κ1) is 18.8. The second kappa shape index (κ2) is 8.99. The van der Waals surface area contributed by atoms with Crippen LogP contribution >= 0.6 is 0 Å². The normalized spacial score (nSPS) is 13.0. The molecule has 0 bridgehead atoms. The van der Waals surface area contributed by atoms with Gasteiger partial charge in [0.1, 0.15) is 0 Å². The maximum absolute atomic E-state index is 12.0. The van der Waals surface area contributed by atoms with E-state index in [1.54, 1.807) is 30.3 Å². The molecule has 23 heavy (non-hydrogen) atoms. The molecule has 0 saturated heterocycles. The van der Waals surface area contributed by atoms with Gasteiger partial charge in [0.2, 0.25) is 11.8 Å². The lowest BCUT2D eigenvalue weighted by molar-refractivity contribution is -0.159. The molecule has 126 valence electrons. The Morgan fingerprint density at radius 1 is 1.13 bits per heavy atom. The van der Waals surface area contributed by atoms with Crippen molar-refractivity contribution in [3.05, 3.63) is 35.9 Å². The average molecular weight is 323 g/mol. The number of rotatable bonds is 7. The molecule has 1 aromatic rings. The Hall–Kier alpha value is -2.29. The molecule has 0 unspecified atom stereocenters. The lowest BCUT2D eigenvalue weighted by Crippen LogP contribution is -2.56. The Balaban J connectivity index is 3.21. The van der Waals surface area contributed by atoms with Gasteiger partial charge < -0.3 is 21.3 Å². The highest BCUT2D eigenvalue weighted by atomic mass is 16.5. The van der Waals surface area contributed by atoms with Crippen LogP contribution in [0.1, 0.15) is 5.56 Å². The van der Waals surface area contributed by atoms with Gasteiger partial charge in [-0.1, -0.05) is 30.3 Å². The van der Waals surface area contributed by atoms with Crippen molar-refractivity contribution in [2.24, 2.45) is 11.5 Å². The molecule has 0 spiro atoms. The number of carbonyl (C=O) groups is 3. The minimum atomic E-state index is -1.70. The van der Waals surface area contributed by atoms with E-state index in [0.29, 0.717) is 0 Å². The van der Waals surface area contributed by atoms with Crippen molar-refractivity contribution in [2.45, 2.75) is 18.6 Å². The SMILES string of the molecule is COC(=O)[C@@H](O)[C@@H](Cc1ccccc1)N(C(=O)CN)C(=O)CN. The topological polar surface area (TPSA) is 136 Å². The van der Waals surface area contributed by atoms with Gasteiger partial charge in [-0.2, -0.15) is 0 Å². The number of ether oxygens (including phenoxy) is 1. The van der Waals surface area contributed by atoms with E-state index in [1.807, 2.05) is 0 Å². The van der Waals surface area contributed by atoms with Crippen LogP contribution in [0.15, 0.2) is 30.3 Å². The number of aliphatic hydroxyl groups excluding tert-OH is 1. The molecule has 8 nitrogen and oxygen atoms in total. The van der Waals surface area contributed by atoms with Crippen LogP contribution < -0.4 is 11.5 Å². The van der Waals surface area contributed by atoms with Crippen molar-refractivity contribution in [1.29, 1.82) is 0 Å². The predicted octanol–water partition coefficient (Wildman–Crippen LogP) is -1.60. The maximum atomic E-state index is 12.0. The van der Waals surface area contributed by atoms with Crippen LogP contribution in [0, 0.1) is 0 Å². The summed E-state index contributed by atoms with van der Waals surface area (Å²) in [6.45, 7) is -0.907. The minimum absolute atomic E-state index is 0.0641. The van der Waals surface area contributed by atoms with Gasteiger partial charge >= 0.3 is 5.97 Å². The molecule has 0 aliphatic carbocycles. The summed E-state index contributed by atoms with van der Waals surface area (Å²) in [6, 6.07) is 7.65. The number of hydrogen-bond acceptors (Lipinski definition) is 7. The monoisotopic (exact) mass is 323 g/mol. The molecular weight excluding hydrogens is 302 g/mol. The lowest BCUT2D eigenvalue weighted by Gasteiger charge is -2.32. The van der Waals surface area contributed by atoms with Gasteiger partial charge in [-0.25, -0.2) is 4.79 Å². The van der Waals surface area contributed by atoms with Gasteiger partial charge in [0, 0.05) is 0 Å². The van der Waals surface area contributed by atoms with E-state index in [2.05, 4.69) is 4.74 Å². The maximum Gasteiger partial charge on any atom is 0.336 e. The van der Waals surface area contributed by atoms with Gasteiger partial charge in [-0.3, -0.25) is 14.5 Å². The first-order valence-corrected chi connectivity index (χ1v) is 7.01. The van der Waals surface area contributed by atoms with E-state index in [-0.39, 0.29) is 6.42 Å². The number of carbonyl (C=O) groups excluding carboxylic acids is 3. The molecule has 8 heteroatoms. The zero-order valence-corrected chi connectivity index (χ0v) is 12.8. The van der Waals surface area contributed by atoms with E-state index < -0.39 is 43.0 Å². The Morgan fingerprint density at radius 3 is 2.09 bits per heavy atom. The van der Waals surface area contributed by atoms with Crippen LogP contribution in [-0.4, -0.2) is 60.1 Å². The molecule has 0 aliphatic heterocycles. The van der Waals surface area contributed by atoms with Crippen molar-refractivity contribution in [3.8, 4) is 0 Å². The Kier molecular flexibility index (Phi) is 7.33. The smallest absolute Gasteiger partial charge is 0.336 e. The molecule has 0 aromatic heterocycles. The third-order valence-corrected chi connectivity index (χ3v) is 3.31. The summed E-state index contributed by atoms with van der Waals surface area (Å²) < 4.78 is 4.51. The third-order valence-electron chi connectivity index (χ3n) is 3.31. The lowest BCUT2D eigenvalue weighted by atomic mass is 9.99. The second-order valence-corrected chi connectivity index (χ2v) is 4.79. The van der Waals surface area contributed by atoms with Crippen LogP contribution in [0.2, 0.25) is 0 Å². The quantitative estimate of drug-likeness (QED) is 0.514. The van der Waals surface area contributed by atoms with Crippen LogP contribution in [-0.2, 0) is 25.5 Å². The summed E-state index contributed by atoms with van der Waals surface area (Å²) >= 11 is 0. The number of esters is 1. The summed E-state index contributed by atoms with van der Waals surface area (Å²) in [5.41, 5.74) is 11.4. The molecule has 0 heterocycles. The molecule has 0 radical (unpaired) electrons. The number of amides is 2. The van der Waals surface area contributed by atoms with Crippen LogP contribution in [0.4, 0.5) is 0 Å². The van der Waals surface area contributed by atoms with Crippen molar-refractivity contribution in [2.75, 3.05) is 20.2 Å². The first-order chi connectivity index (χ1) is 11.0. The highest BCUT2D eigenvalue weighted by molar-refractivity contribution is 5.98. The fourth-order valence-corrected chi connectivity index (χ4v) is 2.18. The molecular formula is C15H21N3O5. The van der Waals surface area contributed by atoms with Crippen molar-refractivity contribution >= 4 is 17.8 Å². The molecule has 5 N–H and O–H groups in total. The zero-order valence-electron chi connectivity index (χ0n) is 12.8. The molecule has 2 atom stereocenters. The van der Waals surface area contributed by atoms with Crippen LogP contribution in [0.25, 0.3) is 0 Å². The van der Waals surface area contributed by atoms with E-state index in [0.717, 1.165) is 17.6 Å². The van der Waals surface area contributed by atoms with Gasteiger partial charge in [0.25, 0.3) is 0 Å². The second-order valence-electron chi connectivity index (χ2n) is 4.79. The van der Waals surface area contributed by atoms with Gasteiger partial charge in [0.05, 0.1) is 26.2 Å². The number of aliphatic hydroxyl groups is 1. The molecule has 1 rings (SSSR count). The summed E-state index contributed by atoms with van der Waals surface area (Å²) in [4.78, 5) is 36.5. The number of hydrogen-bond donors (Lipinski definition) is 3. The standard InChI is InChI=1S/C15H21N3O5/c1-23-15(22)14(21)11(7-10-5-3-2-4-6-10)18(12(19)8-16)13(20)9-17/h2-6,11,14,21H,7-9,16-17H2,1H3/t11-,14+/m1/s1. The van der Waals surface area contributed by atoms with Crippen LogP contribution in [0.5, 0.6) is 0 Å². The van der Waals surface area contributed by atoms with Crippen LogP contribution in [0.3, 0.4) is 0 Å². The minimum Gasteiger partial charge on any atom is -0.467 e. The largest absolute Gasteiger partial charge is 0.467 e. The van der Waals surface area contributed by atoms with E-state index in [1.165, 1.54) is 0 Å². The highest BCUT2D eigenvalue weighted by Gasteiger charge is 2.37. The predicted molar refractivity (Wildman–Crippen MR) is 81.9 cm³/mol. The number of benzene rings is 1. The van der Waals surface area contributed by atoms with E-state index >= 15 is 0 Å². The summed E-state index contributed by atoms with van der Waals surface area (Å²) in [5.74, 6) is -2.42. The van der Waals surface area contributed by atoms with Gasteiger partial charge in [-0.15, -0.1) is 0 Å². The Morgan fingerprint density at radius 2 is 1.65 bits per heavy atom. The van der Waals surface area contributed by atoms with Crippen molar-refractivity contribution < 1.29 is 24.2 Å². The number of nitrogens with zero attached hydrogens (tertiary/aromatic N) is 1. The fraction of sp³-hybridized carbons (Fsp3) is 0.400. The highest BCUT2D eigenvalue weighted by Crippen LogP contribution is 2.15. The first-order valence-electron chi connectivity index (χ1n) is 7.01.